The topological polar surface area (TPSA) is 56.1 Å². The molecule has 0 saturated carbocycles. The third-order valence-corrected chi connectivity index (χ3v) is 4.11. The SMILES string of the molecule is N#CCCNC(=O)CN1CCCC1c1cccs1. The van der Waals surface area contributed by atoms with Gasteiger partial charge in [0.25, 0.3) is 0 Å². The van der Waals surface area contributed by atoms with Crippen molar-refractivity contribution in [3.63, 3.8) is 0 Å². The Balaban J connectivity index is 1.85. The van der Waals surface area contributed by atoms with Gasteiger partial charge in [-0.05, 0) is 30.8 Å². The van der Waals surface area contributed by atoms with Gasteiger partial charge in [0.2, 0.25) is 5.91 Å². The fraction of sp³-hybridized carbons (Fsp3) is 0.538. The van der Waals surface area contributed by atoms with Gasteiger partial charge >= 0.3 is 0 Å². The van der Waals surface area contributed by atoms with E-state index in [9.17, 15) is 4.79 Å². The number of rotatable bonds is 5. The molecule has 1 aromatic heterocycles. The van der Waals surface area contributed by atoms with Crippen molar-refractivity contribution in [2.45, 2.75) is 25.3 Å². The van der Waals surface area contributed by atoms with Crippen LogP contribution in [0.1, 0.15) is 30.2 Å². The van der Waals surface area contributed by atoms with Gasteiger partial charge in [0.15, 0.2) is 0 Å². The molecule has 1 aliphatic heterocycles. The zero-order valence-electron chi connectivity index (χ0n) is 10.3. The van der Waals surface area contributed by atoms with E-state index in [2.05, 4.69) is 27.7 Å². The van der Waals surface area contributed by atoms with E-state index in [1.54, 1.807) is 11.3 Å². The summed E-state index contributed by atoms with van der Waals surface area (Å²) in [7, 11) is 0. The maximum atomic E-state index is 11.7. The van der Waals surface area contributed by atoms with Gasteiger partial charge in [-0.25, -0.2) is 0 Å². The average molecular weight is 263 g/mol. The van der Waals surface area contributed by atoms with Crippen molar-refractivity contribution in [2.24, 2.45) is 0 Å². The summed E-state index contributed by atoms with van der Waals surface area (Å²) in [6.07, 6.45) is 2.65. The second kappa shape index (κ2) is 6.53. The van der Waals surface area contributed by atoms with Crippen molar-refractivity contribution in [3.05, 3.63) is 22.4 Å². The molecule has 18 heavy (non-hydrogen) atoms. The summed E-state index contributed by atoms with van der Waals surface area (Å²) < 4.78 is 0. The predicted molar refractivity (Wildman–Crippen MR) is 71.1 cm³/mol. The lowest BCUT2D eigenvalue weighted by molar-refractivity contribution is -0.122. The molecule has 0 spiro atoms. The maximum Gasteiger partial charge on any atom is 0.234 e. The van der Waals surface area contributed by atoms with Crippen LogP contribution in [0.5, 0.6) is 0 Å². The summed E-state index contributed by atoms with van der Waals surface area (Å²) in [5, 5.41) is 13.3. The summed E-state index contributed by atoms with van der Waals surface area (Å²) in [4.78, 5) is 15.3. The first-order valence-electron chi connectivity index (χ1n) is 6.22. The van der Waals surface area contributed by atoms with Gasteiger partial charge < -0.3 is 5.32 Å². The molecule has 1 fully saturated rings. The zero-order chi connectivity index (χ0) is 12.8. The number of likely N-dealkylation sites (tertiary alicyclic amines) is 1. The highest BCUT2D eigenvalue weighted by Gasteiger charge is 2.27. The first kappa shape index (κ1) is 13.1. The molecule has 1 saturated heterocycles. The Morgan fingerprint density at radius 1 is 1.67 bits per heavy atom. The molecule has 2 heterocycles. The van der Waals surface area contributed by atoms with Gasteiger partial charge in [0.05, 0.1) is 19.0 Å². The zero-order valence-corrected chi connectivity index (χ0v) is 11.1. The fourth-order valence-electron chi connectivity index (χ4n) is 2.32. The highest BCUT2D eigenvalue weighted by Crippen LogP contribution is 2.33. The Bertz CT molecular complexity index is 424. The van der Waals surface area contributed by atoms with Crippen LogP contribution >= 0.6 is 11.3 Å². The van der Waals surface area contributed by atoms with E-state index < -0.39 is 0 Å². The van der Waals surface area contributed by atoms with E-state index in [0.29, 0.717) is 25.6 Å². The minimum atomic E-state index is 0.0220. The molecule has 4 nitrogen and oxygen atoms in total. The van der Waals surface area contributed by atoms with E-state index in [1.807, 2.05) is 6.07 Å². The summed E-state index contributed by atoms with van der Waals surface area (Å²) >= 11 is 1.76. The molecule has 1 N–H and O–H groups in total. The quantitative estimate of drug-likeness (QED) is 0.826. The largest absolute Gasteiger partial charge is 0.354 e. The van der Waals surface area contributed by atoms with Crippen LogP contribution in [0.2, 0.25) is 0 Å². The lowest BCUT2D eigenvalue weighted by Crippen LogP contribution is -2.37. The second-order valence-corrected chi connectivity index (χ2v) is 5.38. The number of nitriles is 1. The number of nitrogens with zero attached hydrogens (tertiary/aromatic N) is 2. The van der Waals surface area contributed by atoms with Gasteiger partial charge in [-0.1, -0.05) is 6.07 Å². The highest BCUT2D eigenvalue weighted by atomic mass is 32.1. The second-order valence-electron chi connectivity index (χ2n) is 4.40. The van der Waals surface area contributed by atoms with Crippen LogP contribution in [0.4, 0.5) is 0 Å². The van der Waals surface area contributed by atoms with Crippen molar-refractivity contribution in [3.8, 4) is 6.07 Å². The monoisotopic (exact) mass is 263 g/mol. The Kier molecular flexibility index (Phi) is 4.73. The average Bonchev–Trinajstić information content (AvgIpc) is 2.99. The summed E-state index contributed by atoms with van der Waals surface area (Å²) in [5.41, 5.74) is 0. The van der Waals surface area contributed by atoms with Crippen molar-refractivity contribution in [1.82, 2.24) is 10.2 Å². The third-order valence-electron chi connectivity index (χ3n) is 3.14. The molecule has 0 bridgehead atoms. The first-order valence-corrected chi connectivity index (χ1v) is 7.10. The lowest BCUT2D eigenvalue weighted by atomic mass is 10.2. The first-order chi connectivity index (χ1) is 8.81. The molecule has 2 rings (SSSR count). The Hall–Kier alpha value is -1.38. The van der Waals surface area contributed by atoms with Crippen molar-refractivity contribution < 1.29 is 4.79 Å². The van der Waals surface area contributed by atoms with Crippen LogP contribution in [0.15, 0.2) is 17.5 Å². The number of carbonyl (C=O) groups excluding carboxylic acids is 1. The molecule has 1 amide bonds. The van der Waals surface area contributed by atoms with E-state index in [4.69, 9.17) is 5.26 Å². The minimum absolute atomic E-state index is 0.0220. The van der Waals surface area contributed by atoms with E-state index >= 15 is 0 Å². The Morgan fingerprint density at radius 3 is 3.28 bits per heavy atom. The third kappa shape index (κ3) is 3.31. The molecule has 0 aliphatic carbocycles. The van der Waals surface area contributed by atoms with E-state index in [-0.39, 0.29) is 5.91 Å². The number of amides is 1. The van der Waals surface area contributed by atoms with Crippen LogP contribution in [0.3, 0.4) is 0 Å². The maximum absolute atomic E-state index is 11.7. The number of thiophene rings is 1. The van der Waals surface area contributed by atoms with Gasteiger partial charge in [-0.15, -0.1) is 11.3 Å². The number of carbonyl (C=O) groups is 1. The molecule has 1 unspecified atom stereocenters. The summed E-state index contributed by atoms with van der Waals surface area (Å²) in [5.74, 6) is 0.0220. The smallest absolute Gasteiger partial charge is 0.234 e. The molecular formula is C13H17N3OS. The fourth-order valence-corrected chi connectivity index (χ4v) is 3.21. The summed E-state index contributed by atoms with van der Waals surface area (Å²) in [6.45, 7) is 1.87. The molecule has 1 aliphatic rings. The lowest BCUT2D eigenvalue weighted by Gasteiger charge is -2.22. The van der Waals surface area contributed by atoms with Crippen LogP contribution < -0.4 is 5.32 Å². The van der Waals surface area contributed by atoms with Crippen molar-refractivity contribution >= 4 is 17.2 Å². The van der Waals surface area contributed by atoms with Crippen LogP contribution in [0.25, 0.3) is 0 Å². The highest BCUT2D eigenvalue weighted by molar-refractivity contribution is 7.10. The normalized spacial score (nSPS) is 19.6. The molecule has 0 radical (unpaired) electrons. The molecular weight excluding hydrogens is 246 g/mol. The van der Waals surface area contributed by atoms with Crippen molar-refractivity contribution in [2.75, 3.05) is 19.6 Å². The van der Waals surface area contributed by atoms with Crippen LogP contribution in [0, 0.1) is 11.3 Å². The number of hydrogen-bond donors (Lipinski definition) is 1. The minimum Gasteiger partial charge on any atom is -0.354 e. The predicted octanol–water partition coefficient (Wildman–Crippen LogP) is 1.91. The van der Waals surface area contributed by atoms with Crippen LogP contribution in [-0.2, 0) is 4.79 Å². The standard InChI is InChI=1S/C13H17N3OS/c14-6-3-7-15-13(17)10-16-8-1-4-11(16)12-5-2-9-18-12/h2,5,9,11H,1,3-4,7-8,10H2,(H,15,17). The van der Waals surface area contributed by atoms with Crippen LogP contribution in [-0.4, -0.2) is 30.4 Å². The molecule has 0 aromatic carbocycles. The summed E-state index contributed by atoms with van der Waals surface area (Å²) in [6, 6.07) is 6.62. The molecule has 5 heteroatoms. The molecule has 1 aromatic rings. The van der Waals surface area contributed by atoms with Gasteiger partial charge in [0, 0.05) is 17.5 Å². The van der Waals surface area contributed by atoms with Crippen molar-refractivity contribution in [1.29, 1.82) is 5.26 Å². The Labute approximate surface area is 111 Å². The number of nitrogens with one attached hydrogen (secondary N) is 1. The van der Waals surface area contributed by atoms with E-state index in [1.165, 1.54) is 4.88 Å². The Morgan fingerprint density at radius 2 is 2.56 bits per heavy atom. The molecule has 96 valence electrons. The van der Waals surface area contributed by atoms with E-state index in [0.717, 1.165) is 19.4 Å². The van der Waals surface area contributed by atoms with Gasteiger partial charge in [-0.2, -0.15) is 5.26 Å². The molecule has 1 atom stereocenters. The van der Waals surface area contributed by atoms with Gasteiger partial charge in [-0.3, -0.25) is 9.69 Å². The van der Waals surface area contributed by atoms with Gasteiger partial charge in [0.1, 0.15) is 0 Å². The number of hydrogen-bond acceptors (Lipinski definition) is 4.